The van der Waals surface area contributed by atoms with E-state index in [1.807, 2.05) is 36.5 Å². The van der Waals surface area contributed by atoms with Gasteiger partial charge in [0.15, 0.2) is 0 Å². The molecule has 0 spiro atoms. The molecular weight excluding hydrogens is 252 g/mol. The van der Waals surface area contributed by atoms with Crippen molar-refractivity contribution < 1.29 is 4.79 Å². The van der Waals surface area contributed by atoms with Crippen LogP contribution >= 0.6 is 0 Å². The number of benzene rings is 1. The maximum absolute atomic E-state index is 11.7. The topological polar surface area (TPSA) is 59.8 Å². The summed E-state index contributed by atoms with van der Waals surface area (Å²) in [6.07, 6.45) is 7.14. The Hall–Kier alpha value is -2.43. The first-order valence-electron chi connectivity index (χ1n) is 6.72. The second-order valence-corrected chi connectivity index (χ2v) is 4.45. The van der Waals surface area contributed by atoms with E-state index in [0.29, 0.717) is 5.69 Å². The molecule has 2 rings (SSSR count). The fraction of sp³-hybridized carbons (Fsp3) is 0.267. The van der Waals surface area contributed by atoms with Gasteiger partial charge in [0.25, 0.3) is 0 Å². The van der Waals surface area contributed by atoms with Gasteiger partial charge in [-0.15, -0.1) is 5.10 Å². The van der Waals surface area contributed by atoms with Gasteiger partial charge in [-0.05, 0) is 24.6 Å². The molecule has 5 nitrogen and oxygen atoms in total. The van der Waals surface area contributed by atoms with Crippen LogP contribution in [0.15, 0.2) is 42.6 Å². The van der Waals surface area contributed by atoms with Gasteiger partial charge in [0.2, 0.25) is 5.91 Å². The summed E-state index contributed by atoms with van der Waals surface area (Å²) in [5.74, 6) is -0.181. The maximum atomic E-state index is 11.7. The standard InChI is InChI=1S/C15H18N4O/c1-2-3-11-19-12-14(17-18-19)9-10-15(20)16-13-7-5-4-6-8-13/h4-10,12H,2-3,11H2,1H3,(H,16,20)/b10-9-. The van der Waals surface area contributed by atoms with Gasteiger partial charge in [0.1, 0.15) is 5.69 Å². The first kappa shape index (κ1) is 14.0. The summed E-state index contributed by atoms with van der Waals surface area (Å²) in [6.45, 7) is 2.99. The smallest absolute Gasteiger partial charge is 0.248 e. The van der Waals surface area contributed by atoms with Crippen LogP contribution in [-0.4, -0.2) is 20.9 Å². The predicted molar refractivity (Wildman–Crippen MR) is 79.0 cm³/mol. The number of nitrogens with zero attached hydrogens (tertiary/aromatic N) is 3. The van der Waals surface area contributed by atoms with Crippen molar-refractivity contribution in [1.29, 1.82) is 0 Å². The molecule has 1 amide bonds. The van der Waals surface area contributed by atoms with Gasteiger partial charge in [0, 0.05) is 18.3 Å². The highest BCUT2D eigenvalue weighted by molar-refractivity contribution is 6.01. The molecule has 1 N–H and O–H groups in total. The molecule has 5 heteroatoms. The van der Waals surface area contributed by atoms with E-state index in [4.69, 9.17) is 0 Å². The Balaban J connectivity index is 1.88. The Morgan fingerprint density at radius 1 is 1.35 bits per heavy atom. The second kappa shape index (κ2) is 7.23. The van der Waals surface area contributed by atoms with Crippen molar-refractivity contribution in [2.24, 2.45) is 0 Å². The van der Waals surface area contributed by atoms with Gasteiger partial charge in [-0.25, -0.2) is 0 Å². The minimum atomic E-state index is -0.181. The molecule has 104 valence electrons. The maximum Gasteiger partial charge on any atom is 0.248 e. The molecule has 0 bridgehead atoms. The number of para-hydroxylation sites is 1. The Morgan fingerprint density at radius 2 is 2.15 bits per heavy atom. The molecule has 0 fully saturated rings. The lowest BCUT2D eigenvalue weighted by molar-refractivity contribution is -0.111. The first-order chi connectivity index (χ1) is 9.78. The van der Waals surface area contributed by atoms with Crippen LogP contribution in [-0.2, 0) is 11.3 Å². The van der Waals surface area contributed by atoms with Crippen molar-refractivity contribution in [3.63, 3.8) is 0 Å². The molecule has 1 aromatic heterocycles. The Kier molecular flexibility index (Phi) is 5.06. The molecule has 0 aliphatic carbocycles. The van der Waals surface area contributed by atoms with Crippen molar-refractivity contribution in [2.45, 2.75) is 26.3 Å². The molecule has 0 atom stereocenters. The lowest BCUT2D eigenvalue weighted by Gasteiger charge is -1.99. The molecule has 1 heterocycles. The second-order valence-electron chi connectivity index (χ2n) is 4.45. The molecule has 20 heavy (non-hydrogen) atoms. The largest absolute Gasteiger partial charge is 0.323 e. The van der Waals surface area contributed by atoms with Crippen LogP contribution in [0.2, 0.25) is 0 Å². The molecule has 0 unspecified atom stereocenters. The van der Waals surface area contributed by atoms with Crippen molar-refractivity contribution >= 4 is 17.7 Å². The molecule has 0 aliphatic rings. The van der Waals surface area contributed by atoms with Gasteiger partial charge in [-0.3, -0.25) is 9.48 Å². The average Bonchev–Trinajstić information content (AvgIpc) is 2.92. The lowest BCUT2D eigenvalue weighted by Crippen LogP contribution is -2.07. The third-order valence-electron chi connectivity index (χ3n) is 2.74. The first-order valence-corrected chi connectivity index (χ1v) is 6.72. The number of amides is 1. The summed E-state index contributed by atoms with van der Waals surface area (Å²) in [5, 5.41) is 10.8. The number of carbonyl (C=O) groups is 1. The SMILES string of the molecule is CCCCn1cc(/C=C\C(=O)Nc2ccccc2)nn1. The summed E-state index contributed by atoms with van der Waals surface area (Å²) in [4.78, 5) is 11.7. The number of nitrogens with one attached hydrogen (secondary N) is 1. The van der Waals surface area contributed by atoms with Crippen LogP contribution in [0.4, 0.5) is 5.69 Å². The predicted octanol–water partition coefficient (Wildman–Crippen LogP) is 2.73. The number of hydrogen-bond donors (Lipinski definition) is 1. The van der Waals surface area contributed by atoms with Crippen LogP contribution in [0.1, 0.15) is 25.5 Å². The molecule has 0 radical (unpaired) electrons. The van der Waals surface area contributed by atoms with Crippen molar-refractivity contribution in [1.82, 2.24) is 15.0 Å². The quantitative estimate of drug-likeness (QED) is 0.821. The monoisotopic (exact) mass is 270 g/mol. The van der Waals surface area contributed by atoms with Gasteiger partial charge >= 0.3 is 0 Å². The highest BCUT2D eigenvalue weighted by Crippen LogP contribution is 2.05. The van der Waals surface area contributed by atoms with E-state index in [9.17, 15) is 4.79 Å². The Bertz CT molecular complexity index is 575. The number of hydrogen-bond acceptors (Lipinski definition) is 3. The van der Waals surface area contributed by atoms with Crippen LogP contribution in [0.25, 0.3) is 6.08 Å². The van der Waals surface area contributed by atoms with E-state index in [1.54, 1.807) is 10.8 Å². The highest BCUT2D eigenvalue weighted by atomic mass is 16.1. The number of unbranched alkanes of at least 4 members (excludes halogenated alkanes) is 1. The normalized spacial score (nSPS) is 10.8. The third-order valence-corrected chi connectivity index (χ3v) is 2.74. The van der Waals surface area contributed by atoms with Crippen molar-refractivity contribution in [3.8, 4) is 0 Å². The van der Waals surface area contributed by atoms with Crippen LogP contribution in [0.5, 0.6) is 0 Å². The minimum absolute atomic E-state index is 0.181. The van der Waals surface area contributed by atoms with E-state index < -0.39 is 0 Å². The van der Waals surface area contributed by atoms with Crippen LogP contribution in [0, 0.1) is 0 Å². The third kappa shape index (κ3) is 4.35. The highest BCUT2D eigenvalue weighted by Gasteiger charge is 1.99. The molecule has 2 aromatic rings. The minimum Gasteiger partial charge on any atom is -0.323 e. The summed E-state index contributed by atoms with van der Waals surface area (Å²) in [6, 6.07) is 9.33. The number of carbonyl (C=O) groups excluding carboxylic acids is 1. The van der Waals surface area contributed by atoms with E-state index in [1.165, 1.54) is 6.08 Å². The number of rotatable bonds is 6. The van der Waals surface area contributed by atoms with Crippen molar-refractivity contribution in [3.05, 3.63) is 48.3 Å². The summed E-state index contributed by atoms with van der Waals surface area (Å²) < 4.78 is 1.79. The van der Waals surface area contributed by atoms with E-state index in [-0.39, 0.29) is 5.91 Å². The van der Waals surface area contributed by atoms with Crippen LogP contribution < -0.4 is 5.32 Å². The van der Waals surface area contributed by atoms with E-state index >= 15 is 0 Å². The van der Waals surface area contributed by atoms with E-state index in [0.717, 1.165) is 25.1 Å². The molecule has 0 aliphatic heterocycles. The molecule has 0 saturated carbocycles. The zero-order valence-electron chi connectivity index (χ0n) is 11.5. The number of anilines is 1. The number of aryl methyl sites for hydroxylation is 1. The summed E-state index contributed by atoms with van der Waals surface area (Å²) >= 11 is 0. The fourth-order valence-corrected chi connectivity index (χ4v) is 1.69. The fourth-order valence-electron chi connectivity index (χ4n) is 1.69. The van der Waals surface area contributed by atoms with Gasteiger partial charge < -0.3 is 5.32 Å². The zero-order valence-corrected chi connectivity index (χ0v) is 11.5. The van der Waals surface area contributed by atoms with Gasteiger partial charge in [-0.1, -0.05) is 36.8 Å². The Morgan fingerprint density at radius 3 is 2.90 bits per heavy atom. The Labute approximate surface area is 118 Å². The molecule has 0 saturated heterocycles. The van der Waals surface area contributed by atoms with Gasteiger partial charge in [0.05, 0.1) is 6.20 Å². The van der Waals surface area contributed by atoms with Crippen molar-refractivity contribution in [2.75, 3.05) is 5.32 Å². The van der Waals surface area contributed by atoms with Crippen LogP contribution in [0.3, 0.4) is 0 Å². The average molecular weight is 270 g/mol. The lowest BCUT2D eigenvalue weighted by atomic mass is 10.3. The number of aromatic nitrogens is 3. The summed E-state index contributed by atoms with van der Waals surface area (Å²) in [5.41, 5.74) is 1.46. The molecule has 1 aromatic carbocycles. The molecular formula is C15H18N4O. The van der Waals surface area contributed by atoms with E-state index in [2.05, 4.69) is 22.6 Å². The zero-order chi connectivity index (χ0) is 14.2. The van der Waals surface area contributed by atoms with Gasteiger partial charge in [-0.2, -0.15) is 0 Å². The summed E-state index contributed by atoms with van der Waals surface area (Å²) in [7, 11) is 0.